The zero-order valence-corrected chi connectivity index (χ0v) is 19.2. The number of nitrogens with one attached hydrogen (secondary N) is 1. The lowest BCUT2D eigenvalue weighted by atomic mass is 9.82. The average Bonchev–Trinajstić information content (AvgIpc) is 3.17. The molecule has 0 spiro atoms. The van der Waals surface area contributed by atoms with E-state index in [2.05, 4.69) is 16.0 Å². The molecule has 4 heterocycles. The number of aromatic nitrogens is 2. The van der Waals surface area contributed by atoms with E-state index in [0.29, 0.717) is 6.54 Å². The van der Waals surface area contributed by atoms with Crippen molar-refractivity contribution in [1.29, 1.82) is 0 Å². The number of ketones is 2. The third-order valence-electron chi connectivity index (χ3n) is 6.77. The number of fused-ring (bicyclic) bond motifs is 4. The van der Waals surface area contributed by atoms with Gasteiger partial charge in [0.05, 0.1) is 30.8 Å². The van der Waals surface area contributed by atoms with Gasteiger partial charge in [0.1, 0.15) is 18.1 Å². The molecule has 1 aromatic rings. The summed E-state index contributed by atoms with van der Waals surface area (Å²) in [5.74, 6) is -1.98. The summed E-state index contributed by atoms with van der Waals surface area (Å²) in [4.78, 5) is 52.4. The van der Waals surface area contributed by atoms with Crippen LogP contribution in [0, 0.1) is 16.0 Å². The second kappa shape index (κ2) is 8.44. The number of nitro groups is 1. The van der Waals surface area contributed by atoms with Gasteiger partial charge in [-0.2, -0.15) is 0 Å². The summed E-state index contributed by atoms with van der Waals surface area (Å²) in [7, 11) is 1.51. The molecule has 0 aromatic carbocycles. The van der Waals surface area contributed by atoms with Gasteiger partial charge in [-0.25, -0.2) is 9.80 Å². The Morgan fingerprint density at radius 1 is 1.46 bits per heavy atom. The van der Waals surface area contributed by atoms with Crippen molar-refractivity contribution in [2.45, 2.75) is 31.7 Å². The molecular weight excluding hydrogens is 466 g/mol. The molecule has 15 nitrogen and oxygen atoms in total. The number of ether oxygens (including phenoxy) is 1. The Morgan fingerprint density at radius 2 is 2.11 bits per heavy atom. The van der Waals surface area contributed by atoms with Crippen LogP contribution >= 0.6 is 0 Å². The van der Waals surface area contributed by atoms with Crippen LogP contribution in [0.25, 0.3) is 0 Å². The third kappa shape index (κ3) is 3.30. The maximum absolute atomic E-state index is 13.8. The maximum atomic E-state index is 13.8. The van der Waals surface area contributed by atoms with E-state index in [-0.39, 0.29) is 53.6 Å². The number of carbonyl (C=O) groups is 3. The van der Waals surface area contributed by atoms with Gasteiger partial charge in [-0.1, -0.05) is 4.98 Å². The number of rotatable bonds is 6. The normalized spacial score (nSPS) is 28.3. The number of hydrogen-bond donors (Lipinski definition) is 4. The number of nitrogens with two attached hydrogens (primary N) is 1. The Morgan fingerprint density at radius 3 is 2.66 bits per heavy atom. The van der Waals surface area contributed by atoms with Crippen LogP contribution in [0.5, 0.6) is 0 Å². The number of Topliss-reactive ketones (excluding diaryl/α,β-unsaturated/α-hetero) is 2. The molecule has 3 aliphatic heterocycles. The molecule has 4 unspecified atom stereocenters. The smallest absolute Gasteiger partial charge is 0.457 e. The van der Waals surface area contributed by atoms with E-state index < -0.39 is 34.4 Å². The van der Waals surface area contributed by atoms with Gasteiger partial charge < -0.3 is 41.0 Å². The Balaban J connectivity index is 0.000000672. The largest absolute Gasteiger partial charge is 0.465 e. The molecule has 5 N–H and O–H groups in total. The number of nitrogens with zero attached hydrogens (tertiary/aromatic N) is 5. The molecule has 5 rings (SSSR count). The number of aliphatic hydroxyl groups is 1. The highest BCUT2D eigenvalue weighted by molar-refractivity contribution is 6.26. The molecule has 15 heteroatoms. The summed E-state index contributed by atoms with van der Waals surface area (Å²) in [6, 6.07) is 0.0407. The van der Waals surface area contributed by atoms with Crippen molar-refractivity contribution in [3.63, 3.8) is 0 Å². The fourth-order valence-corrected chi connectivity index (χ4v) is 5.47. The number of aliphatic hydroxyl groups excluding tert-OH is 1. The number of imidazole rings is 1. The topological polar surface area (TPSA) is 216 Å². The quantitative estimate of drug-likeness (QED) is 0.158. The summed E-state index contributed by atoms with van der Waals surface area (Å²) < 4.78 is 7.03. The van der Waals surface area contributed by atoms with Gasteiger partial charge in [0.25, 0.3) is 0 Å². The van der Waals surface area contributed by atoms with Gasteiger partial charge in [0.15, 0.2) is 5.72 Å². The number of allylic oxidation sites excluding steroid dienone is 2. The minimum atomic E-state index is -1.33. The van der Waals surface area contributed by atoms with Crippen molar-refractivity contribution in [3.05, 3.63) is 45.0 Å². The predicted octanol–water partition coefficient (Wildman–Crippen LogP) is -1.33. The molecule has 1 amide bonds. The Labute approximate surface area is 198 Å². The van der Waals surface area contributed by atoms with Crippen LogP contribution in [-0.4, -0.2) is 92.0 Å². The molecule has 1 aliphatic carbocycles. The summed E-state index contributed by atoms with van der Waals surface area (Å²) >= 11 is 0. The standard InChI is InChI=1S/C19H22N6O6.CH3NO2/c1-4-23(24-6-5-20-18(24)25(29)30)13-9(2)15(27)14-12(16(13)28)10(8-26)19(31-3)17-11(21-17)7-22(14)19;2-1(3)4/h5-6,10-11,17,21,26H,4,7-8H2,1-3H3;2H2,(H,3,4). The molecule has 2 saturated heterocycles. The SMILES string of the molecule is CCN(C1=C(C)C(=O)C2=C(C1=O)C(CO)C1(OC)C3NC3CN21)n1ccnc1[N+](=O)[O-].NC(=O)O. The van der Waals surface area contributed by atoms with Crippen LogP contribution < -0.4 is 16.1 Å². The summed E-state index contributed by atoms with van der Waals surface area (Å²) in [5.41, 5.74) is 3.70. The van der Waals surface area contributed by atoms with Crippen LogP contribution in [0.1, 0.15) is 13.8 Å². The van der Waals surface area contributed by atoms with Crippen molar-refractivity contribution in [2.75, 3.05) is 31.8 Å². The van der Waals surface area contributed by atoms with Gasteiger partial charge >= 0.3 is 12.0 Å². The molecule has 0 saturated carbocycles. The number of methoxy groups -OCH3 is 1. The van der Waals surface area contributed by atoms with Crippen LogP contribution in [-0.2, 0) is 14.3 Å². The first kappa shape index (κ1) is 24.3. The lowest BCUT2D eigenvalue weighted by Crippen LogP contribution is -2.54. The second-order valence-electron chi connectivity index (χ2n) is 8.33. The Kier molecular flexibility index (Phi) is 5.86. The Bertz CT molecular complexity index is 1190. The molecule has 0 radical (unpaired) electrons. The molecule has 2 fully saturated rings. The molecular formula is C20H25N7O8. The fraction of sp³-hybridized carbons (Fsp3) is 0.500. The minimum Gasteiger partial charge on any atom is -0.465 e. The first-order chi connectivity index (χ1) is 16.6. The second-order valence-corrected chi connectivity index (χ2v) is 8.33. The monoisotopic (exact) mass is 491 g/mol. The average molecular weight is 491 g/mol. The third-order valence-corrected chi connectivity index (χ3v) is 6.77. The predicted molar refractivity (Wildman–Crippen MR) is 117 cm³/mol. The number of hydrogen-bond acceptors (Lipinski definition) is 11. The lowest BCUT2D eigenvalue weighted by molar-refractivity contribution is -0.396. The van der Waals surface area contributed by atoms with E-state index in [4.69, 9.17) is 14.6 Å². The summed E-state index contributed by atoms with van der Waals surface area (Å²) in [5, 5.41) is 33.5. The molecule has 1 aromatic heterocycles. The van der Waals surface area contributed by atoms with Crippen molar-refractivity contribution in [3.8, 4) is 0 Å². The van der Waals surface area contributed by atoms with E-state index in [1.165, 1.54) is 24.5 Å². The number of carboxylic acid groups (broad SMARTS) is 1. The molecule has 188 valence electrons. The summed E-state index contributed by atoms with van der Waals surface area (Å²) in [6.07, 6.45) is 1.30. The van der Waals surface area contributed by atoms with Gasteiger partial charge in [0.2, 0.25) is 11.6 Å². The van der Waals surface area contributed by atoms with Crippen LogP contribution in [0.4, 0.5) is 10.7 Å². The van der Waals surface area contributed by atoms with E-state index in [1.807, 2.05) is 4.90 Å². The van der Waals surface area contributed by atoms with E-state index in [0.717, 1.165) is 4.68 Å². The zero-order valence-electron chi connectivity index (χ0n) is 19.2. The van der Waals surface area contributed by atoms with Crippen molar-refractivity contribution in [2.24, 2.45) is 11.7 Å². The molecule has 4 atom stereocenters. The number of piperazine rings is 1. The first-order valence-electron chi connectivity index (χ1n) is 10.7. The molecule has 4 aliphatic rings. The highest BCUT2D eigenvalue weighted by Gasteiger charge is 2.72. The van der Waals surface area contributed by atoms with E-state index >= 15 is 0 Å². The minimum absolute atomic E-state index is 0.0403. The number of carbonyl (C=O) groups excluding carboxylic acids is 2. The van der Waals surface area contributed by atoms with E-state index in [9.17, 15) is 24.8 Å². The molecule has 0 bridgehead atoms. The van der Waals surface area contributed by atoms with Crippen molar-refractivity contribution < 1.29 is 34.3 Å². The van der Waals surface area contributed by atoms with Crippen LogP contribution in [0.2, 0.25) is 0 Å². The van der Waals surface area contributed by atoms with E-state index in [1.54, 1.807) is 13.8 Å². The first-order valence-corrected chi connectivity index (χ1v) is 10.7. The van der Waals surface area contributed by atoms with Gasteiger partial charge in [0, 0.05) is 30.8 Å². The Hall–Kier alpha value is -3.82. The number of primary amides is 1. The van der Waals surface area contributed by atoms with Gasteiger partial charge in [-0.05, 0) is 18.8 Å². The lowest BCUT2D eigenvalue weighted by Gasteiger charge is -2.39. The van der Waals surface area contributed by atoms with Crippen LogP contribution in [0.15, 0.2) is 34.9 Å². The van der Waals surface area contributed by atoms with Crippen molar-refractivity contribution in [1.82, 2.24) is 19.9 Å². The molecule has 35 heavy (non-hydrogen) atoms. The van der Waals surface area contributed by atoms with Crippen LogP contribution in [0.3, 0.4) is 0 Å². The zero-order chi connectivity index (χ0) is 25.8. The van der Waals surface area contributed by atoms with Gasteiger partial charge in [-0.15, -0.1) is 4.68 Å². The highest BCUT2D eigenvalue weighted by Crippen LogP contribution is 2.55. The highest BCUT2D eigenvalue weighted by atomic mass is 16.6. The van der Waals surface area contributed by atoms with Crippen molar-refractivity contribution >= 4 is 23.6 Å². The summed E-state index contributed by atoms with van der Waals surface area (Å²) in [6.45, 7) is 3.56. The number of amides is 1. The van der Waals surface area contributed by atoms with Gasteiger partial charge in [-0.3, -0.25) is 9.59 Å². The fourth-order valence-electron chi connectivity index (χ4n) is 5.47. The maximum Gasteiger partial charge on any atom is 0.457 e. The number of likely N-dealkylation sites (N-methyl/N-ethyl adjacent to an activating group) is 1.